The molecule has 2 heterocycles. The average molecular weight is 420 g/mol. The zero-order valence-electron chi connectivity index (χ0n) is 18.1. The van der Waals surface area contributed by atoms with Gasteiger partial charge in [0, 0.05) is 24.0 Å². The summed E-state index contributed by atoms with van der Waals surface area (Å²) in [6, 6.07) is 0. The maximum Gasteiger partial charge on any atom is 0.309 e. The van der Waals surface area contributed by atoms with Gasteiger partial charge in [-0.05, 0) is 40.5 Å². The third-order valence-corrected chi connectivity index (χ3v) is 6.40. The van der Waals surface area contributed by atoms with Crippen molar-refractivity contribution in [1.29, 1.82) is 0 Å². The van der Waals surface area contributed by atoms with Crippen LogP contribution in [0.1, 0.15) is 40.5 Å². The summed E-state index contributed by atoms with van der Waals surface area (Å²) in [5.74, 6) is 0.233. The van der Waals surface area contributed by atoms with Crippen LogP contribution >= 0.6 is 0 Å². The third-order valence-electron chi connectivity index (χ3n) is 6.40. The standard InChI is InChI=1S/2C11H14O4/c2*1-6-4-9(12)11(2,15-6)8-5-7(8)10(13)14-3/h2*4,7-8H,5H2,1-3H3/t7-,8-,11+;7-,8-,11-/m01/s1. The number of rotatable bonds is 4. The van der Waals surface area contributed by atoms with E-state index in [9.17, 15) is 19.2 Å². The van der Waals surface area contributed by atoms with Crippen molar-refractivity contribution in [2.45, 2.75) is 51.7 Å². The summed E-state index contributed by atoms with van der Waals surface area (Å²) in [6.07, 6.45) is 4.34. The maximum absolute atomic E-state index is 11.7. The zero-order valence-corrected chi connectivity index (χ0v) is 18.1. The van der Waals surface area contributed by atoms with E-state index in [0.717, 1.165) is 0 Å². The topological polar surface area (TPSA) is 105 Å². The quantitative estimate of drug-likeness (QED) is 0.637. The number of allylic oxidation sites excluding steroid dienone is 2. The van der Waals surface area contributed by atoms with Crippen LogP contribution < -0.4 is 0 Å². The Kier molecular flexibility index (Phi) is 5.56. The molecule has 8 heteroatoms. The van der Waals surface area contributed by atoms with Gasteiger partial charge in [0.1, 0.15) is 0 Å². The van der Waals surface area contributed by atoms with E-state index in [0.29, 0.717) is 24.4 Å². The van der Waals surface area contributed by atoms with Crippen molar-refractivity contribution in [3.63, 3.8) is 0 Å². The van der Waals surface area contributed by atoms with Gasteiger partial charge in [-0.3, -0.25) is 19.2 Å². The second kappa shape index (κ2) is 7.56. The van der Waals surface area contributed by atoms with Crippen LogP contribution in [0.5, 0.6) is 0 Å². The molecule has 6 atom stereocenters. The molecule has 2 aliphatic heterocycles. The highest BCUT2D eigenvalue weighted by Gasteiger charge is 2.61. The molecular weight excluding hydrogens is 392 g/mol. The molecule has 0 N–H and O–H groups in total. The van der Waals surface area contributed by atoms with E-state index in [1.165, 1.54) is 26.4 Å². The predicted octanol–water partition coefficient (Wildman–Crippen LogP) is 2.11. The van der Waals surface area contributed by atoms with Gasteiger partial charge in [0.15, 0.2) is 11.2 Å². The summed E-state index contributed by atoms with van der Waals surface area (Å²) < 4.78 is 20.3. The Balaban J connectivity index is 0.000000171. The summed E-state index contributed by atoms with van der Waals surface area (Å²) in [7, 11) is 2.72. The number of hydrogen-bond donors (Lipinski definition) is 0. The molecule has 8 nitrogen and oxygen atoms in total. The smallest absolute Gasteiger partial charge is 0.309 e. The highest BCUT2D eigenvalue weighted by Crippen LogP contribution is 2.52. The molecule has 2 saturated carbocycles. The van der Waals surface area contributed by atoms with Gasteiger partial charge < -0.3 is 18.9 Å². The lowest BCUT2D eigenvalue weighted by atomic mass is 9.94. The average Bonchev–Trinajstić information content (AvgIpc) is 3.58. The van der Waals surface area contributed by atoms with Crippen molar-refractivity contribution in [3.05, 3.63) is 23.7 Å². The van der Waals surface area contributed by atoms with Crippen molar-refractivity contribution in [1.82, 2.24) is 0 Å². The lowest BCUT2D eigenvalue weighted by Crippen LogP contribution is -2.36. The van der Waals surface area contributed by atoms with E-state index in [2.05, 4.69) is 9.47 Å². The first-order valence-corrected chi connectivity index (χ1v) is 9.97. The molecule has 164 valence electrons. The molecule has 4 rings (SSSR count). The van der Waals surface area contributed by atoms with Crippen LogP contribution in [-0.2, 0) is 38.1 Å². The normalized spacial score (nSPS) is 38.3. The lowest BCUT2D eigenvalue weighted by Gasteiger charge is -2.23. The van der Waals surface area contributed by atoms with Crippen molar-refractivity contribution in [2.75, 3.05) is 14.2 Å². The largest absolute Gasteiger partial charge is 0.484 e. The molecular formula is C22H28O8. The summed E-state index contributed by atoms with van der Waals surface area (Å²) in [5.41, 5.74) is -1.69. The van der Waals surface area contributed by atoms with Gasteiger partial charge in [0.05, 0.1) is 37.6 Å². The Morgan fingerprint density at radius 3 is 1.40 bits per heavy atom. The minimum absolute atomic E-state index is 0.0360. The Hall–Kier alpha value is -2.64. The first-order valence-electron chi connectivity index (χ1n) is 9.97. The Morgan fingerprint density at radius 1 is 0.833 bits per heavy atom. The monoisotopic (exact) mass is 420 g/mol. The van der Waals surface area contributed by atoms with Gasteiger partial charge in [0.25, 0.3) is 0 Å². The summed E-state index contributed by atoms with van der Waals surface area (Å²) in [4.78, 5) is 45.9. The summed E-state index contributed by atoms with van der Waals surface area (Å²) in [5, 5.41) is 0. The molecule has 2 aliphatic carbocycles. The predicted molar refractivity (Wildman–Crippen MR) is 104 cm³/mol. The fourth-order valence-corrected chi connectivity index (χ4v) is 4.43. The third kappa shape index (κ3) is 3.75. The van der Waals surface area contributed by atoms with E-state index >= 15 is 0 Å². The fourth-order valence-electron chi connectivity index (χ4n) is 4.43. The van der Waals surface area contributed by atoms with Crippen LogP contribution in [0.2, 0.25) is 0 Å². The molecule has 0 aromatic heterocycles. The summed E-state index contributed by atoms with van der Waals surface area (Å²) >= 11 is 0. The van der Waals surface area contributed by atoms with E-state index in [-0.39, 0.29) is 47.2 Å². The first kappa shape index (κ1) is 22.1. The number of methoxy groups -OCH3 is 2. The van der Waals surface area contributed by atoms with Gasteiger partial charge in [-0.15, -0.1) is 0 Å². The second-order valence-electron chi connectivity index (χ2n) is 8.60. The minimum atomic E-state index is -0.844. The molecule has 0 radical (unpaired) electrons. The SMILES string of the molecule is COC(=O)[C@@H]1C[C@H]1[C@@]1(C)OC(C)=CC1=O.COC(=O)[C@H]1C[C@@H]1[C@@]1(C)OC(C)=CC1=O. The van der Waals surface area contributed by atoms with Gasteiger partial charge in [-0.1, -0.05) is 0 Å². The number of ketones is 2. The second-order valence-corrected chi connectivity index (χ2v) is 8.60. The number of carbonyl (C=O) groups excluding carboxylic acids is 4. The van der Waals surface area contributed by atoms with Crippen molar-refractivity contribution in [3.8, 4) is 0 Å². The maximum atomic E-state index is 11.7. The van der Waals surface area contributed by atoms with Crippen LogP contribution in [0.3, 0.4) is 0 Å². The molecule has 0 aromatic rings. The summed E-state index contributed by atoms with van der Waals surface area (Å²) in [6.45, 7) is 6.99. The molecule has 0 bridgehead atoms. The lowest BCUT2D eigenvalue weighted by molar-refractivity contribution is -0.145. The molecule has 0 amide bonds. The van der Waals surface area contributed by atoms with Crippen LogP contribution in [-0.4, -0.2) is 48.9 Å². The highest BCUT2D eigenvalue weighted by molar-refractivity contribution is 6.01. The molecule has 0 spiro atoms. The molecule has 2 fully saturated rings. The van der Waals surface area contributed by atoms with Gasteiger partial charge in [-0.25, -0.2) is 0 Å². The van der Waals surface area contributed by atoms with Gasteiger partial charge >= 0.3 is 11.9 Å². The van der Waals surface area contributed by atoms with Gasteiger partial charge in [0.2, 0.25) is 11.6 Å². The molecule has 4 aliphatic rings. The van der Waals surface area contributed by atoms with Crippen molar-refractivity contribution in [2.24, 2.45) is 23.7 Å². The Labute approximate surface area is 175 Å². The Bertz CT molecular complexity index is 785. The first-order chi connectivity index (χ1) is 14.0. The van der Waals surface area contributed by atoms with Crippen LogP contribution in [0.4, 0.5) is 0 Å². The minimum Gasteiger partial charge on any atom is -0.484 e. The zero-order chi connectivity index (χ0) is 22.4. The number of carbonyl (C=O) groups is 4. The number of ether oxygens (including phenoxy) is 4. The van der Waals surface area contributed by atoms with Crippen LogP contribution in [0.25, 0.3) is 0 Å². The highest BCUT2D eigenvalue weighted by atomic mass is 16.5. The molecule has 30 heavy (non-hydrogen) atoms. The van der Waals surface area contributed by atoms with Crippen molar-refractivity contribution >= 4 is 23.5 Å². The molecule has 0 saturated heterocycles. The van der Waals surface area contributed by atoms with E-state index < -0.39 is 11.2 Å². The Morgan fingerprint density at radius 2 is 1.17 bits per heavy atom. The molecule has 0 unspecified atom stereocenters. The number of hydrogen-bond acceptors (Lipinski definition) is 8. The van der Waals surface area contributed by atoms with E-state index in [1.807, 2.05) is 0 Å². The van der Waals surface area contributed by atoms with Crippen LogP contribution in [0, 0.1) is 23.7 Å². The van der Waals surface area contributed by atoms with Gasteiger partial charge in [-0.2, -0.15) is 0 Å². The fraction of sp³-hybridized carbons (Fsp3) is 0.636. The van der Waals surface area contributed by atoms with Crippen LogP contribution in [0.15, 0.2) is 23.7 Å². The van der Waals surface area contributed by atoms with E-state index in [4.69, 9.17) is 9.47 Å². The molecule has 0 aromatic carbocycles. The van der Waals surface area contributed by atoms with Crippen molar-refractivity contribution < 1.29 is 38.1 Å². The number of esters is 2. The van der Waals surface area contributed by atoms with E-state index in [1.54, 1.807) is 27.7 Å².